The number of halogens is 1. The lowest BCUT2D eigenvalue weighted by atomic mass is 10.1. The third kappa shape index (κ3) is 4.33. The van der Waals surface area contributed by atoms with Crippen LogP contribution in [0.3, 0.4) is 0 Å². The molecule has 5 rings (SSSR count). The van der Waals surface area contributed by atoms with E-state index in [2.05, 4.69) is 21.2 Å². The monoisotopic (exact) mass is 545 g/mol. The second-order valence-electron chi connectivity index (χ2n) is 8.15. The van der Waals surface area contributed by atoms with Crippen LogP contribution in [-0.2, 0) is 6.42 Å². The highest BCUT2D eigenvalue weighted by molar-refractivity contribution is 9.10. The zero-order valence-electron chi connectivity index (χ0n) is 19.8. The molecule has 8 nitrogen and oxygen atoms in total. The summed E-state index contributed by atoms with van der Waals surface area (Å²) in [4.78, 5) is 23.0. The molecule has 0 saturated heterocycles. The van der Waals surface area contributed by atoms with Gasteiger partial charge >= 0.3 is 0 Å². The number of hydrogen-bond acceptors (Lipinski definition) is 6. The Morgan fingerprint density at radius 3 is 2.36 bits per heavy atom. The molecule has 0 saturated carbocycles. The Kier molecular flexibility index (Phi) is 6.47. The minimum Gasteiger partial charge on any atom is -0.493 e. The van der Waals surface area contributed by atoms with Crippen molar-refractivity contribution in [3.05, 3.63) is 82.3 Å². The molecule has 2 aromatic heterocycles. The van der Waals surface area contributed by atoms with Crippen LogP contribution in [0.15, 0.2) is 71.2 Å². The molecule has 5 aromatic rings. The number of amides is 1. The molecule has 2 heterocycles. The predicted molar refractivity (Wildman–Crippen MR) is 144 cm³/mol. The highest BCUT2D eigenvalue weighted by Gasteiger charge is 2.24. The molecule has 1 amide bonds. The van der Waals surface area contributed by atoms with Gasteiger partial charge in [0, 0.05) is 16.7 Å². The van der Waals surface area contributed by atoms with E-state index < -0.39 is 0 Å². The van der Waals surface area contributed by atoms with E-state index in [1.165, 1.54) is 0 Å². The number of nitrogens with one attached hydrogen (secondary N) is 1. The van der Waals surface area contributed by atoms with Crippen molar-refractivity contribution in [2.24, 2.45) is 0 Å². The van der Waals surface area contributed by atoms with Gasteiger partial charge in [-0.3, -0.25) is 9.36 Å². The number of aromatic nitrogens is 3. The number of hydrogen-bond donors (Lipinski definition) is 2. The second-order valence-corrected chi connectivity index (χ2v) is 9.07. The van der Waals surface area contributed by atoms with Crippen molar-refractivity contribution in [3.8, 4) is 17.2 Å². The maximum absolute atomic E-state index is 13.4. The third-order valence-electron chi connectivity index (χ3n) is 5.96. The van der Waals surface area contributed by atoms with Crippen LogP contribution in [0.2, 0.25) is 0 Å². The Bertz CT molecular complexity index is 1580. The average Bonchev–Trinajstić information content (AvgIpc) is 3.18. The number of benzene rings is 3. The third-order valence-corrected chi connectivity index (χ3v) is 6.49. The van der Waals surface area contributed by atoms with Gasteiger partial charge in [0.25, 0.3) is 5.91 Å². The van der Waals surface area contributed by atoms with E-state index in [-0.39, 0.29) is 11.7 Å². The summed E-state index contributed by atoms with van der Waals surface area (Å²) in [6.07, 6.45) is 0.603. The summed E-state index contributed by atoms with van der Waals surface area (Å²) >= 11 is 3.46. The number of nitrogens with two attached hydrogens (primary N) is 1. The normalized spacial score (nSPS) is 11.1. The Morgan fingerprint density at radius 1 is 0.972 bits per heavy atom. The molecular weight excluding hydrogens is 522 g/mol. The number of nitrogen functional groups attached to an aromatic ring is 1. The van der Waals surface area contributed by atoms with E-state index in [4.69, 9.17) is 25.2 Å². The van der Waals surface area contributed by atoms with E-state index >= 15 is 0 Å². The van der Waals surface area contributed by atoms with Crippen molar-refractivity contribution in [1.29, 1.82) is 0 Å². The first-order valence-corrected chi connectivity index (χ1v) is 12.1. The van der Waals surface area contributed by atoms with Gasteiger partial charge in [-0.05, 0) is 60.5 Å². The Hall–Kier alpha value is -4.11. The van der Waals surface area contributed by atoms with Crippen LogP contribution in [0.25, 0.3) is 27.9 Å². The largest absolute Gasteiger partial charge is 0.493 e. The zero-order chi connectivity index (χ0) is 25.2. The average molecular weight is 546 g/mol. The van der Waals surface area contributed by atoms with Crippen molar-refractivity contribution in [2.45, 2.75) is 6.42 Å². The number of carbonyl (C=O) groups is 1. The molecular formula is C27H24BrN5O3. The molecule has 0 aliphatic heterocycles. The Labute approximate surface area is 216 Å². The number of ether oxygens (including phenoxy) is 2. The maximum Gasteiger partial charge on any atom is 0.257 e. The molecule has 0 fully saturated rings. The summed E-state index contributed by atoms with van der Waals surface area (Å²) in [7, 11) is 3.19. The number of methoxy groups -OCH3 is 2. The van der Waals surface area contributed by atoms with Gasteiger partial charge in [-0.25, -0.2) is 9.97 Å². The molecule has 0 aliphatic rings. The first-order chi connectivity index (χ1) is 17.5. The topological polar surface area (TPSA) is 104 Å². The lowest BCUT2D eigenvalue weighted by Crippen LogP contribution is -2.26. The van der Waals surface area contributed by atoms with Crippen LogP contribution >= 0.6 is 15.9 Å². The quantitative estimate of drug-likeness (QED) is 0.301. The van der Waals surface area contributed by atoms with Gasteiger partial charge in [0.05, 0.1) is 25.3 Å². The van der Waals surface area contributed by atoms with E-state index in [1.807, 2.05) is 66.7 Å². The summed E-state index contributed by atoms with van der Waals surface area (Å²) < 4.78 is 13.4. The summed E-state index contributed by atoms with van der Waals surface area (Å²) in [6, 6.07) is 20.9. The van der Waals surface area contributed by atoms with Gasteiger partial charge in [0.2, 0.25) is 0 Å². The maximum atomic E-state index is 13.4. The van der Waals surface area contributed by atoms with Crippen LogP contribution < -0.4 is 20.5 Å². The number of carbonyl (C=O) groups excluding carboxylic acids is 1. The summed E-state index contributed by atoms with van der Waals surface area (Å²) in [5.74, 6) is 1.28. The van der Waals surface area contributed by atoms with Crippen molar-refractivity contribution in [1.82, 2.24) is 19.9 Å². The fourth-order valence-corrected chi connectivity index (χ4v) is 4.45. The van der Waals surface area contributed by atoms with Crippen LogP contribution in [0.5, 0.6) is 11.5 Å². The lowest BCUT2D eigenvalue weighted by molar-refractivity contribution is 0.0956. The van der Waals surface area contributed by atoms with Crippen molar-refractivity contribution in [3.63, 3.8) is 0 Å². The molecule has 3 N–H and O–H groups in total. The second kappa shape index (κ2) is 9.87. The van der Waals surface area contributed by atoms with Crippen LogP contribution in [0.1, 0.15) is 15.9 Å². The summed E-state index contributed by atoms with van der Waals surface area (Å²) in [6.45, 7) is 0.403. The SMILES string of the molecule is COc1ccc(CCNC(=O)c2c(N)n(-c3ccc(Br)cc3)c3nc4ccccc4nc23)cc1OC. The number of para-hydroxylation sites is 2. The number of rotatable bonds is 7. The highest BCUT2D eigenvalue weighted by Crippen LogP contribution is 2.31. The summed E-state index contributed by atoms with van der Waals surface area (Å²) in [5.41, 5.74) is 11.1. The Balaban J connectivity index is 1.50. The molecule has 0 aliphatic carbocycles. The molecule has 9 heteroatoms. The van der Waals surface area contributed by atoms with Gasteiger partial charge in [-0.2, -0.15) is 0 Å². The zero-order valence-corrected chi connectivity index (χ0v) is 21.4. The van der Waals surface area contributed by atoms with Crippen molar-refractivity contribution >= 4 is 49.9 Å². The van der Waals surface area contributed by atoms with Crippen LogP contribution in [0.4, 0.5) is 5.82 Å². The fourth-order valence-electron chi connectivity index (χ4n) is 4.18. The number of fused-ring (bicyclic) bond motifs is 2. The fraction of sp³-hybridized carbons (Fsp3) is 0.148. The lowest BCUT2D eigenvalue weighted by Gasteiger charge is -2.10. The predicted octanol–water partition coefficient (Wildman–Crippen LogP) is 4.91. The number of nitrogens with zero attached hydrogens (tertiary/aromatic N) is 3. The molecule has 0 bridgehead atoms. The van der Waals surface area contributed by atoms with Crippen molar-refractivity contribution < 1.29 is 14.3 Å². The molecule has 182 valence electrons. The van der Waals surface area contributed by atoms with Crippen LogP contribution in [0, 0.1) is 0 Å². The standard InChI is InChI=1S/C27H24BrN5O3/c1-35-21-12-7-16(15-22(21)36-2)13-14-30-27(34)23-24-26(32-20-6-4-3-5-19(20)31-24)33(25(23)29)18-10-8-17(28)9-11-18/h3-12,15H,13-14,29H2,1-2H3,(H,30,34). The summed E-state index contributed by atoms with van der Waals surface area (Å²) in [5, 5.41) is 2.99. The van der Waals surface area contributed by atoms with E-state index in [9.17, 15) is 4.79 Å². The van der Waals surface area contributed by atoms with Gasteiger partial charge in [0.15, 0.2) is 17.1 Å². The first-order valence-electron chi connectivity index (χ1n) is 11.3. The highest BCUT2D eigenvalue weighted by atomic mass is 79.9. The van der Waals surface area contributed by atoms with Gasteiger partial charge < -0.3 is 20.5 Å². The van der Waals surface area contributed by atoms with Crippen molar-refractivity contribution in [2.75, 3.05) is 26.5 Å². The minimum absolute atomic E-state index is 0.284. The molecule has 0 spiro atoms. The van der Waals surface area contributed by atoms with Crippen LogP contribution in [-0.4, -0.2) is 41.2 Å². The molecule has 0 atom stereocenters. The molecule has 0 radical (unpaired) electrons. The first kappa shape index (κ1) is 23.6. The minimum atomic E-state index is -0.307. The van der Waals surface area contributed by atoms with Gasteiger partial charge in [-0.1, -0.05) is 34.1 Å². The smallest absolute Gasteiger partial charge is 0.257 e. The molecule has 3 aromatic carbocycles. The molecule has 36 heavy (non-hydrogen) atoms. The molecule has 0 unspecified atom stereocenters. The van der Waals surface area contributed by atoms with Gasteiger partial charge in [0.1, 0.15) is 16.9 Å². The Morgan fingerprint density at radius 2 is 1.67 bits per heavy atom. The van der Waals surface area contributed by atoms with Gasteiger partial charge in [-0.15, -0.1) is 0 Å². The van der Waals surface area contributed by atoms with E-state index in [0.717, 1.165) is 21.2 Å². The van der Waals surface area contributed by atoms with E-state index in [1.54, 1.807) is 18.8 Å². The number of anilines is 1. The van der Waals surface area contributed by atoms with E-state index in [0.29, 0.717) is 46.7 Å².